The summed E-state index contributed by atoms with van der Waals surface area (Å²) in [5, 5.41) is 7.02. The molecule has 124 valence electrons. The van der Waals surface area contributed by atoms with E-state index in [0.29, 0.717) is 17.9 Å². The number of carbonyl (C=O) groups is 1. The largest absolute Gasteiger partial charge is 0.355 e. The zero-order valence-corrected chi connectivity index (χ0v) is 14.7. The van der Waals surface area contributed by atoms with Gasteiger partial charge in [0.15, 0.2) is 0 Å². The zero-order chi connectivity index (χ0) is 16.7. The molecule has 1 aromatic carbocycles. The van der Waals surface area contributed by atoms with Crippen molar-refractivity contribution >= 4 is 38.9 Å². The van der Waals surface area contributed by atoms with Crippen molar-refractivity contribution in [3.8, 4) is 0 Å². The van der Waals surface area contributed by atoms with E-state index in [1.807, 2.05) is 16.8 Å². The van der Waals surface area contributed by atoms with E-state index in [-0.39, 0.29) is 23.9 Å². The molecule has 0 saturated heterocycles. The Morgan fingerprint density at radius 3 is 2.74 bits per heavy atom. The normalized spacial score (nSPS) is 11.3. The number of hydrogen-bond acceptors (Lipinski definition) is 4. The molecule has 0 bridgehead atoms. The number of sulfonamides is 1. The number of carbonyl (C=O) groups excluding carboxylic acids is 1. The number of rotatable bonds is 8. The van der Waals surface area contributed by atoms with Gasteiger partial charge < -0.3 is 5.32 Å². The van der Waals surface area contributed by atoms with Crippen LogP contribution in [0.3, 0.4) is 0 Å². The molecule has 1 aromatic heterocycles. The highest BCUT2D eigenvalue weighted by molar-refractivity contribution is 7.89. The molecule has 0 unspecified atom stereocenters. The lowest BCUT2D eigenvalue weighted by Gasteiger charge is -2.08. The molecule has 0 saturated carbocycles. The van der Waals surface area contributed by atoms with Gasteiger partial charge >= 0.3 is 0 Å². The van der Waals surface area contributed by atoms with Crippen LogP contribution in [0.4, 0.5) is 0 Å². The summed E-state index contributed by atoms with van der Waals surface area (Å²) >= 11 is 7.38. The molecule has 1 amide bonds. The van der Waals surface area contributed by atoms with Gasteiger partial charge in [0.2, 0.25) is 15.9 Å². The topological polar surface area (TPSA) is 75.3 Å². The number of nitrogens with one attached hydrogen (secondary N) is 2. The van der Waals surface area contributed by atoms with Crippen LogP contribution in [0.1, 0.15) is 12.0 Å². The van der Waals surface area contributed by atoms with Crippen molar-refractivity contribution in [1.82, 2.24) is 10.0 Å². The first-order valence-corrected chi connectivity index (χ1v) is 9.81. The highest BCUT2D eigenvalue weighted by atomic mass is 35.5. The van der Waals surface area contributed by atoms with E-state index in [2.05, 4.69) is 10.0 Å². The third-order valence-corrected chi connectivity index (χ3v) is 5.49. The first-order chi connectivity index (χ1) is 11.0. The molecule has 2 rings (SSSR count). The van der Waals surface area contributed by atoms with E-state index >= 15 is 0 Å². The monoisotopic (exact) mass is 372 g/mol. The highest BCUT2D eigenvalue weighted by Crippen LogP contribution is 2.14. The van der Waals surface area contributed by atoms with Crippen molar-refractivity contribution in [3.05, 3.63) is 51.7 Å². The Labute approximate surface area is 144 Å². The summed E-state index contributed by atoms with van der Waals surface area (Å²) in [7, 11) is -3.61. The molecule has 0 radical (unpaired) electrons. The molecule has 0 aliphatic carbocycles. The van der Waals surface area contributed by atoms with Crippen LogP contribution in [0, 0.1) is 0 Å². The van der Waals surface area contributed by atoms with E-state index < -0.39 is 10.0 Å². The molecule has 0 aliphatic heterocycles. The van der Waals surface area contributed by atoms with E-state index in [9.17, 15) is 13.2 Å². The summed E-state index contributed by atoms with van der Waals surface area (Å²) < 4.78 is 26.5. The number of amides is 1. The summed E-state index contributed by atoms with van der Waals surface area (Å²) in [4.78, 5) is 11.8. The molecule has 2 N–H and O–H groups in total. The van der Waals surface area contributed by atoms with Gasteiger partial charge in [-0.25, -0.2) is 13.1 Å². The number of benzene rings is 1. The summed E-state index contributed by atoms with van der Waals surface area (Å²) in [6.45, 7) is 0.362. The molecule has 23 heavy (non-hydrogen) atoms. The highest BCUT2D eigenvalue weighted by Gasteiger charge is 2.13. The Morgan fingerprint density at radius 1 is 1.22 bits per heavy atom. The second-order valence-electron chi connectivity index (χ2n) is 4.84. The van der Waals surface area contributed by atoms with Crippen LogP contribution >= 0.6 is 22.9 Å². The maximum Gasteiger partial charge on any atom is 0.240 e. The molecule has 2 aromatic rings. The minimum Gasteiger partial charge on any atom is -0.355 e. The average molecular weight is 373 g/mol. The minimum atomic E-state index is -3.61. The van der Waals surface area contributed by atoms with Gasteiger partial charge in [0, 0.05) is 24.5 Å². The van der Waals surface area contributed by atoms with Crippen molar-refractivity contribution in [1.29, 1.82) is 0 Å². The van der Waals surface area contributed by atoms with Gasteiger partial charge in [-0.1, -0.05) is 17.7 Å². The number of thiophene rings is 1. The van der Waals surface area contributed by atoms with Crippen LogP contribution in [-0.4, -0.2) is 27.4 Å². The summed E-state index contributed by atoms with van der Waals surface area (Å²) in [5.41, 5.74) is 1.13. The Morgan fingerprint density at radius 2 is 2.04 bits per heavy atom. The Hall–Kier alpha value is -1.41. The Bertz CT molecular complexity index is 746. The maximum absolute atomic E-state index is 12.0. The van der Waals surface area contributed by atoms with Gasteiger partial charge in [0.05, 0.1) is 4.90 Å². The van der Waals surface area contributed by atoms with E-state index in [0.717, 1.165) is 5.56 Å². The van der Waals surface area contributed by atoms with Gasteiger partial charge in [-0.3, -0.25) is 4.79 Å². The average Bonchev–Trinajstić information content (AvgIpc) is 3.03. The standard InChI is InChI=1S/C15H17ClN2O3S2/c16-13-2-1-3-14(10-13)23(20,21)18-8-7-17-15(19)5-4-12-6-9-22-11-12/h1-3,6,9-11,18H,4-5,7-8H2,(H,17,19). The van der Waals surface area contributed by atoms with Gasteiger partial charge in [-0.15, -0.1) is 0 Å². The second kappa shape index (κ2) is 8.44. The maximum atomic E-state index is 12.0. The quantitative estimate of drug-likeness (QED) is 0.699. The third kappa shape index (κ3) is 5.95. The predicted octanol–water partition coefficient (Wildman–Crippen LogP) is 2.43. The lowest BCUT2D eigenvalue weighted by Crippen LogP contribution is -2.34. The van der Waals surface area contributed by atoms with Crippen LogP contribution in [0.15, 0.2) is 46.0 Å². The van der Waals surface area contributed by atoms with Gasteiger partial charge in [-0.05, 0) is 47.0 Å². The molecule has 8 heteroatoms. The Balaban J connectivity index is 1.71. The minimum absolute atomic E-state index is 0.0989. The molecular weight excluding hydrogens is 356 g/mol. The van der Waals surface area contributed by atoms with E-state index in [1.54, 1.807) is 23.5 Å². The van der Waals surface area contributed by atoms with Crippen molar-refractivity contribution in [2.75, 3.05) is 13.1 Å². The van der Waals surface area contributed by atoms with Crippen LogP contribution in [0.2, 0.25) is 5.02 Å². The van der Waals surface area contributed by atoms with Gasteiger partial charge in [0.1, 0.15) is 0 Å². The van der Waals surface area contributed by atoms with Crippen LogP contribution < -0.4 is 10.0 Å². The summed E-state index contributed by atoms with van der Waals surface area (Å²) in [5.74, 6) is -0.0989. The predicted molar refractivity (Wildman–Crippen MR) is 92.3 cm³/mol. The number of hydrogen-bond donors (Lipinski definition) is 2. The smallest absolute Gasteiger partial charge is 0.240 e. The molecule has 5 nitrogen and oxygen atoms in total. The molecule has 0 aliphatic rings. The molecule has 0 atom stereocenters. The van der Waals surface area contributed by atoms with Crippen LogP contribution in [0.25, 0.3) is 0 Å². The van der Waals surface area contributed by atoms with Crippen molar-refractivity contribution in [3.63, 3.8) is 0 Å². The lowest BCUT2D eigenvalue weighted by molar-refractivity contribution is -0.121. The van der Waals surface area contributed by atoms with E-state index in [1.165, 1.54) is 12.1 Å². The van der Waals surface area contributed by atoms with Crippen molar-refractivity contribution in [2.24, 2.45) is 0 Å². The fraction of sp³-hybridized carbons (Fsp3) is 0.267. The molecule has 0 spiro atoms. The fourth-order valence-electron chi connectivity index (χ4n) is 1.89. The van der Waals surface area contributed by atoms with Crippen molar-refractivity contribution in [2.45, 2.75) is 17.7 Å². The first kappa shape index (κ1) is 17.9. The molecular formula is C15H17ClN2O3S2. The summed E-state index contributed by atoms with van der Waals surface area (Å²) in [6.07, 6.45) is 1.07. The molecule has 0 fully saturated rings. The SMILES string of the molecule is O=C(CCc1ccsc1)NCCNS(=O)(=O)c1cccc(Cl)c1. The van der Waals surface area contributed by atoms with Crippen LogP contribution in [-0.2, 0) is 21.2 Å². The van der Waals surface area contributed by atoms with Gasteiger partial charge in [0.25, 0.3) is 0 Å². The third-order valence-electron chi connectivity index (χ3n) is 3.07. The molecule has 1 heterocycles. The lowest BCUT2D eigenvalue weighted by atomic mass is 10.2. The van der Waals surface area contributed by atoms with Crippen LogP contribution in [0.5, 0.6) is 0 Å². The summed E-state index contributed by atoms with van der Waals surface area (Å²) in [6, 6.07) is 8.01. The number of aryl methyl sites for hydroxylation is 1. The van der Waals surface area contributed by atoms with Gasteiger partial charge in [-0.2, -0.15) is 11.3 Å². The Kier molecular flexibility index (Phi) is 6.59. The van der Waals surface area contributed by atoms with E-state index in [4.69, 9.17) is 11.6 Å². The second-order valence-corrected chi connectivity index (χ2v) is 7.82. The number of halogens is 1. The fourth-order valence-corrected chi connectivity index (χ4v) is 3.92. The van der Waals surface area contributed by atoms with Crippen molar-refractivity contribution < 1.29 is 13.2 Å². The zero-order valence-electron chi connectivity index (χ0n) is 12.3. The first-order valence-electron chi connectivity index (χ1n) is 7.00.